The SMILES string of the molecule is O[C@H]1CC[C@H]2Oc3ccc(Cl)cc3[C@@H]12. The molecule has 3 heteroatoms. The molecule has 0 amide bonds. The summed E-state index contributed by atoms with van der Waals surface area (Å²) in [6.45, 7) is 0. The lowest BCUT2D eigenvalue weighted by molar-refractivity contribution is 0.143. The van der Waals surface area contributed by atoms with E-state index < -0.39 is 0 Å². The molecular formula is C11H11ClO2. The first-order valence-corrected chi connectivity index (χ1v) is 5.27. The number of aliphatic hydroxyl groups is 1. The highest BCUT2D eigenvalue weighted by Crippen LogP contribution is 2.47. The van der Waals surface area contributed by atoms with Crippen LogP contribution in [0.3, 0.4) is 0 Å². The third-order valence-corrected chi connectivity index (χ3v) is 3.41. The molecule has 3 atom stereocenters. The van der Waals surface area contributed by atoms with Crippen molar-refractivity contribution >= 4 is 11.6 Å². The summed E-state index contributed by atoms with van der Waals surface area (Å²) in [5.74, 6) is 1.03. The van der Waals surface area contributed by atoms with Crippen LogP contribution >= 0.6 is 11.6 Å². The van der Waals surface area contributed by atoms with Gasteiger partial charge in [-0.2, -0.15) is 0 Å². The summed E-state index contributed by atoms with van der Waals surface area (Å²) in [7, 11) is 0. The first-order valence-electron chi connectivity index (χ1n) is 4.90. The molecule has 0 radical (unpaired) electrons. The molecule has 1 heterocycles. The normalized spacial score (nSPS) is 33.7. The van der Waals surface area contributed by atoms with Gasteiger partial charge in [-0.15, -0.1) is 0 Å². The molecule has 74 valence electrons. The van der Waals surface area contributed by atoms with E-state index in [9.17, 15) is 5.11 Å². The van der Waals surface area contributed by atoms with E-state index in [1.807, 2.05) is 18.2 Å². The van der Waals surface area contributed by atoms with E-state index in [0.717, 1.165) is 24.2 Å². The fourth-order valence-electron chi connectivity index (χ4n) is 2.53. The summed E-state index contributed by atoms with van der Waals surface area (Å²) in [5.41, 5.74) is 1.08. The van der Waals surface area contributed by atoms with Gasteiger partial charge in [-0.3, -0.25) is 0 Å². The molecule has 1 N–H and O–H groups in total. The van der Waals surface area contributed by atoms with Crippen LogP contribution in [0.4, 0.5) is 0 Å². The predicted octanol–water partition coefficient (Wildman–Crippen LogP) is 2.34. The van der Waals surface area contributed by atoms with Gasteiger partial charge < -0.3 is 9.84 Å². The topological polar surface area (TPSA) is 29.5 Å². The average molecular weight is 211 g/mol. The third-order valence-electron chi connectivity index (χ3n) is 3.17. The Morgan fingerprint density at radius 1 is 1.36 bits per heavy atom. The molecule has 1 aromatic carbocycles. The largest absolute Gasteiger partial charge is 0.489 e. The predicted molar refractivity (Wildman–Crippen MR) is 53.8 cm³/mol. The molecule has 1 fully saturated rings. The molecule has 0 bridgehead atoms. The van der Waals surface area contributed by atoms with Gasteiger partial charge in [-0.25, -0.2) is 0 Å². The number of benzene rings is 1. The monoisotopic (exact) mass is 210 g/mol. The van der Waals surface area contributed by atoms with Crippen molar-refractivity contribution in [2.24, 2.45) is 0 Å². The van der Waals surface area contributed by atoms with Crippen LogP contribution in [0.1, 0.15) is 24.3 Å². The Labute approximate surface area is 87.5 Å². The number of hydrogen-bond acceptors (Lipinski definition) is 2. The Morgan fingerprint density at radius 2 is 2.21 bits per heavy atom. The van der Waals surface area contributed by atoms with E-state index in [0.29, 0.717) is 5.02 Å². The molecular weight excluding hydrogens is 200 g/mol. The third kappa shape index (κ3) is 1.07. The van der Waals surface area contributed by atoms with Crippen LogP contribution in [0.25, 0.3) is 0 Å². The van der Waals surface area contributed by atoms with Gasteiger partial charge in [0.15, 0.2) is 0 Å². The second kappa shape index (κ2) is 2.88. The van der Waals surface area contributed by atoms with Crippen LogP contribution in [0, 0.1) is 0 Å². The highest BCUT2D eigenvalue weighted by atomic mass is 35.5. The van der Waals surface area contributed by atoms with Gasteiger partial charge >= 0.3 is 0 Å². The van der Waals surface area contributed by atoms with Crippen LogP contribution in [-0.4, -0.2) is 17.3 Å². The van der Waals surface area contributed by atoms with E-state index in [4.69, 9.17) is 16.3 Å². The smallest absolute Gasteiger partial charge is 0.123 e. The fourth-order valence-corrected chi connectivity index (χ4v) is 2.71. The number of ether oxygens (including phenoxy) is 1. The molecule has 1 aromatic rings. The van der Waals surface area contributed by atoms with Crippen molar-refractivity contribution in [1.82, 2.24) is 0 Å². The molecule has 0 unspecified atom stereocenters. The number of fused-ring (bicyclic) bond motifs is 3. The minimum atomic E-state index is -0.264. The second-order valence-corrected chi connectivity index (χ2v) is 4.45. The lowest BCUT2D eigenvalue weighted by atomic mass is 9.96. The van der Waals surface area contributed by atoms with Crippen LogP contribution < -0.4 is 4.74 Å². The molecule has 1 aliphatic heterocycles. The van der Waals surface area contributed by atoms with Crippen molar-refractivity contribution in [3.05, 3.63) is 28.8 Å². The first-order chi connectivity index (χ1) is 6.75. The number of halogens is 1. The van der Waals surface area contributed by atoms with Crippen molar-refractivity contribution in [1.29, 1.82) is 0 Å². The Hall–Kier alpha value is -0.730. The van der Waals surface area contributed by atoms with Crippen molar-refractivity contribution in [2.45, 2.75) is 31.0 Å². The van der Waals surface area contributed by atoms with Crippen LogP contribution in [0.15, 0.2) is 18.2 Å². The van der Waals surface area contributed by atoms with E-state index in [1.165, 1.54) is 0 Å². The molecule has 1 aliphatic carbocycles. The summed E-state index contributed by atoms with van der Waals surface area (Å²) in [6.07, 6.45) is 1.68. The fraction of sp³-hybridized carbons (Fsp3) is 0.455. The highest BCUT2D eigenvalue weighted by Gasteiger charge is 2.43. The number of aliphatic hydroxyl groups excluding tert-OH is 1. The molecule has 0 saturated heterocycles. The highest BCUT2D eigenvalue weighted by molar-refractivity contribution is 6.30. The maximum absolute atomic E-state index is 9.81. The summed E-state index contributed by atoms with van der Waals surface area (Å²) in [6, 6.07) is 5.63. The molecule has 0 aromatic heterocycles. The average Bonchev–Trinajstić information content (AvgIpc) is 2.67. The molecule has 0 spiro atoms. The summed E-state index contributed by atoms with van der Waals surface area (Å²) in [4.78, 5) is 0. The second-order valence-electron chi connectivity index (χ2n) is 4.01. The number of hydrogen-bond donors (Lipinski definition) is 1. The lowest BCUT2D eigenvalue weighted by Crippen LogP contribution is -2.18. The van der Waals surface area contributed by atoms with Crippen LogP contribution in [-0.2, 0) is 0 Å². The zero-order valence-electron chi connectivity index (χ0n) is 7.61. The van der Waals surface area contributed by atoms with E-state index >= 15 is 0 Å². The van der Waals surface area contributed by atoms with Crippen molar-refractivity contribution in [3.63, 3.8) is 0 Å². The first kappa shape index (κ1) is 8.57. The standard InChI is InChI=1S/C11H11ClO2/c12-6-1-3-9-7(5-6)11-8(13)2-4-10(11)14-9/h1,3,5,8,10-11,13H,2,4H2/t8-,10+,11-/m0/s1. The summed E-state index contributed by atoms with van der Waals surface area (Å²) >= 11 is 5.92. The van der Waals surface area contributed by atoms with Gasteiger partial charge in [0.05, 0.1) is 12.0 Å². The summed E-state index contributed by atoms with van der Waals surface area (Å²) < 4.78 is 5.74. The van der Waals surface area contributed by atoms with Gasteiger partial charge in [0.1, 0.15) is 11.9 Å². The zero-order valence-corrected chi connectivity index (χ0v) is 8.37. The molecule has 2 nitrogen and oxygen atoms in total. The molecule has 14 heavy (non-hydrogen) atoms. The quantitative estimate of drug-likeness (QED) is 0.712. The van der Waals surface area contributed by atoms with Crippen molar-refractivity contribution in [3.8, 4) is 5.75 Å². The minimum absolute atomic E-state index is 0.142. The van der Waals surface area contributed by atoms with Gasteiger partial charge in [0.25, 0.3) is 0 Å². The minimum Gasteiger partial charge on any atom is -0.489 e. The Bertz CT molecular complexity index is 378. The molecule has 3 rings (SSSR count). The van der Waals surface area contributed by atoms with E-state index in [1.54, 1.807) is 0 Å². The Morgan fingerprint density at radius 3 is 3.07 bits per heavy atom. The number of rotatable bonds is 0. The maximum Gasteiger partial charge on any atom is 0.123 e. The van der Waals surface area contributed by atoms with Gasteiger partial charge in [0.2, 0.25) is 0 Å². The van der Waals surface area contributed by atoms with Crippen LogP contribution in [0.5, 0.6) is 5.75 Å². The van der Waals surface area contributed by atoms with Crippen molar-refractivity contribution < 1.29 is 9.84 Å². The van der Waals surface area contributed by atoms with E-state index in [-0.39, 0.29) is 18.1 Å². The van der Waals surface area contributed by atoms with Crippen molar-refractivity contribution in [2.75, 3.05) is 0 Å². The maximum atomic E-state index is 9.81. The van der Waals surface area contributed by atoms with Crippen LogP contribution in [0.2, 0.25) is 5.02 Å². The Kier molecular flexibility index (Phi) is 1.76. The summed E-state index contributed by atoms with van der Waals surface area (Å²) in [5, 5.41) is 10.5. The van der Waals surface area contributed by atoms with Gasteiger partial charge in [-0.1, -0.05) is 11.6 Å². The van der Waals surface area contributed by atoms with E-state index in [2.05, 4.69) is 0 Å². The lowest BCUT2D eigenvalue weighted by Gasteiger charge is -2.11. The Balaban J connectivity index is 2.09. The molecule has 2 aliphatic rings. The molecule has 1 saturated carbocycles. The van der Waals surface area contributed by atoms with Gasteiger partial charge in [-0.05, 0) is 31.0 Å². The zero-order chi connectivity index (χ0) is 9.71. The van der Waals surface area contributed by atoms with Gasteiger partial charge in [0, 0.05) is 10.6 Å².